The molecule has 0 radical (unpaired) electrons. The summed E-state index contributed by atoms with van der Waals surface area (Å²) in [6.45, 7) is 1.07. The van der Waals surface area contributed by atoms with Gasteiger partial charge >= 0.3 is 5.97 Å². The van der Waals surface area contributed by atoms with Crippen LogP contribution in [0, 0.1) is 11.8 Å². The molecule has 1 aromatic carbocycles. The smallest absolute Gasteiger partial charge is 0.343 e. The zero-order valence-corrected chi connectivity index (χ0v) is 17.9. The third-order valence-electron chi connectivity index (χ3n) is 6.99. The highest BCUT2D eigenvalue weighted by Gasteiger charge is 2.58. The summed E-state index contributed by atoms with van der Waals surface area (Å²) in [6.07, 6.45) is 6.13. The molecule has 1 aliphatic heterocycles. The van der Waals surface area contributed by atoms with Gasteiger partial charge in [-0.15, -0.1) is 0 Å². The first kappa shape index (κ1) is 20.1. The van der Waals surface area contributed by atoms with Gasteiger partial charge in [-0.2, -0.15) is 0 Å². The summed E-state index contributed by atoms with van der Waals surface area (Å²) in [5, 5.41) is 11.6. The number of aliphatic hydroxyl groups is 1. The molecule has 4 atom stereocenters. The topological polar surface area (TPSA) is 46.5 Å². The van der Waals surface area contributed by atoms with Crippen molar-refractivity contribution in [3.8, 4) is 0 Å². The highest BCUT2D eigenvalue weighted by Crippen LogP contribution is 2.46. The highest BCUT2D eigenvalue weighted by molar-refractivity contribution is 5.82. The molecule has 4 nitrogen and oxygen atoms in total. The average Bonchev–Trinajstić information content (AvgIpc) is 3.30. The Balaban J connectivity index is 0.00000196. The summed E-state index contributed by atoms with van der Waals surface area (Å²) in [4.78, 5) is 13.3. The number of rotatable bonds is 4. The number of hydrogen-bond donors (Lipinski definition) is 1. The van der Waals surface area contributed by atoms with Crippen molar-refractivity contribution < 1.29 is 43.1 Å². The Hall–Kier alpha value is -0.660. The van der Waals surface area contributed by atoms with Crippen LogP contribution in [0.5, 0.6) is 0 Å². The molecule has 1 heterocycles. The Morgan fingerprint density at radius 3 is 2.31 bits per heavy atom. The number of hydrogen-bond acceptors (Lipinski definition) is 3. The number of carbonyl (C=O) groups is 1. The Kier molecular flexibility index (Phi) is 5.71. The maximum Gasteiger partial charge on any atom is 0.343 e. The van der Waals surface area contributed by atoms with Crippen molar-refractivity contribution in [2.75, 3.05) is 20.6 Å². The first-order chi connectivity index (χ1) is 11.9. The molecule has 3 fully saturated rings. The maximum atomic E-state index is 13.3. The van der Waals surface area contributed by atoms with Crippen molar-refractivity contribution in [2.24, 2.45) is 11.8 Å². The van der Waals surface area contributed by atoms with E-state index in [-0.39, 0.29) is 36.0 Å². The van der Waals surface area contributed by atoms with Gasteiger partial charge in [-0.3, -0.25) is 0 Å². The number of nitrogens with zero attached hydrogens (tertiary/aromatic N) is 1. The zero-order chi connectivity index (χ0) is 17.7. The van der Waals surface area contributed by atoms with Gasteiger partial charge in [0.25, 0.3) is 0 Å². The van der Waals surface area contributed by atoms with Crippen molar-refractivity contribution >= 4 is 5.97 Å². The lowest BCUT2D eigenvalue weighted by atomic mass is 9.80. The SMILES string of the molecule is C[N+]1(C)CC2CC[C@H]1C2OC(=O)[C@](O)(c1ccccc1)C1CCCC1.[I-]. The van der Waals surface area contributed by atoms with E-state index in [0.717, 1.165) is 49.6 Å². The second-order valence-corrected chi connectivity index (χ2v) is 8.85. The molecule has 1 aromatic rings. The number of esters is 1. The molecule has 0 amide bonds. The van der Waals surface area contributed by atoms with Crippen LogP contribution in [-0.2, 0) is 15.1 Å². The number of piperidine rings is 1. The lowest BCUT2D eigenvalue weighted by molar-refractivity contribution is -0.908. The van der Waals surface area contributed by atoms with Gasteiger partial charge < -0.3 is 38.3 Å². The van der Waals surface area contributed by atoms with Gasteiger partial charge in [0, 0.05) is 12.3 Å². The van der Waals surface area contributed by atoms with Gasteiger partial charge in [-0.05, 0) is 24.8 Å². The van der Waals surface area contributed by atoms with E-state index in [0.29, 0.717) is 17.5 Å². The van der Waals surface area contributed by atoms with Crippen LogP contribution in [-0.4, -0.2) is 48.3 Å². The van der Waals surface area contributed by atoms with Gasteiger partial charge in [-0.1, -0.05) is 43.2 Å². The Morgan fingerprint density at radius 1 is 1.12 bits per heavy atom. The summed E-state index contributed by atoms with van der Waals surface area (Å²) in [5.41, 5.74) is -0.817. The number of ether oxygens (including phenoxy) is 1. The van der Waals surface area contributed by atoms with Crippen LogP contribution in [0.15, 0.2) is 30.3 Å². The predicted octanol–water partition coefficient (Wildman–Crippen LogP) is -0.151. The second kappa shape index (κ2) is 7.40. The Labute approximate surface area is 173 Å². The van der Waals surface area contributed by atoms with Crippen molar-refractivity contribution in [2.45, 2.75) is 56.3 Å². The monoisotopic (exact) mass is 471 g/mol. The number of likely N-dealkylation sites (N-methyl/N-ethyl adjacent to an activating group) is 1. The molecule has 1 saturated heterocycles. The highest BCUT2D eigenvalue weighted by atomic mass is 127. The van der Waals surface area contributed by atoms with Gasteiger partial charge in [-0.25, -0.2) is 4.79 Å². The van der Waals surface area contributed by atoms with Crippen LogP contribution in [0.25, 0.3) is 0 Å². The molecule has 2 unspecified atom stereocenters. The fourth-order valence-corrected chi connectivity index (χ4v) is 5.65. The molecular formula is C21H30INO3. The van der Waals surface area contributed by atoms with Crippen molar-refractivity contribution in [1.82, 2.24) is 0 Å². The van der Waals surface area contributed by atoms with Crippen molar-refractivity contribution in [1.29, 1.82) is 0 Å². The predicted molar refractivity (Wildman–Crippen MR) is 95.7 cm³/mol. The van der Waals surface area contributed by atoms with Crippen LogP contribution in [0.2, 0.25) is 0 Å². The van der Waals surface area contributed by atoms with Crippen LogP contribution in [0.4, 0.5) is 0 Å². The number of likely N-dealkylation sites (tertiary alicyclic amines) is 1. The Bertz CT molecular complexity index is 644. The molecule has 2 saturated carbocycles. The zero-order valence-electron chi connectivity index (χ0n) is 15.7. The van der Waals surface area contributed by atoms with Gasteiger partial charge in [0.15, 0.2) is 11.7 Å². The van der Waals surface area contributed by atoms with Gasteiger partial charge in [0.1, 0.15) is 6.04 Å². The number of carbonyl (C=O) groups excluding carboxylic acids is 1. The molecule has 144 valence electrons. The third kappa shape index (κ3) is 3.20. The summed E-state index contributed by atoms with van der Waals surface area (Å²) in [7, 11) is 4.45. The van der Waals surface area contributed by atoms with Gasteiger partial charge in [0.2, 0.25) is 0 Å². The minimum Gasteiger partial charge on any atom is -1.00 e. The van der Waals surface area contributed by atoms with Crippen molar-refractivity contribution in [3.63, 3.8) is 0 Å². The van der Waals surface area contributed by atoms with E-state index in [1.165, 1.54) is 0 Å². The maximum absolute atomic E-state index is 13.3. The van der Waals surface area contributed by atoms with E-state index in [1.807, 2.05) is 30.3 Å². The fraction of sp³-hybridized carbons (Fsp3) is 0.667. The lowest BCUT2D eigenvalue weighted by Gasteiger charge is -2.35. The second-order valence-electron chi connectivity index (χ2n) is 8.85. The molecule has 26 heavy (non-hydrogen) atoms. The van der Waals surface area contributed by atoms with Crippen LogP contribution in [0.3, 0.4) is 0 Å². The largest absolute Gasteiger partial charge is 1.00 e. The quantitative estimate of drug-likeness (QED) is 0.378. The van der Waals surface area contributed by atoms with E-state index < -0.39 is 11.6 Å². The van der Waals surface area contributed by atoms with Crippen LogP contribution < -0.4 is 24.0 Å². The van der Waals surface area contributed by atoms with E-state index in [2.05, 4.69) is 14.1 Å². The van der Waals surface area contributed by atoms with E-state index in [4.69, 9.17) is 4.74 Å². The summed E-state index contributed by atoms with van der Waals surface area (Å²) < 4.78 is 6.99. The number of halogens is 1. The fourth-order valence-electron chi connectivity index (χ4n) is 5.65. The molecular weight excluding hydrogens is 441 g/mol. The molecule has 4 rings (SSSR count). The van der Waals surface area contributed by atoms with Crippen LogP contribution >= 0.6 is 0 Å². The summed E-state index contributed by atoms with van der Waals surface area (Å²) in [5.74, 6) is -0.0223. The minimum atomic E-state index is -1.50. The number of fused-ring (bicyclic) bond motifs is 2. The third-order valence-corrected chi connectivity index (χ3v) is 6.99. The van der Waals surface area contributed by atoms with Crippen molar-refractivity contribution in [3.05, 3.63) is 35.9 Å². The molecule has 1 N–H and O–H groups in total. The minimum absolute atomic E-state index is 0. The lowest BCUT2D eigenvalue weighted by Crippen LogP contribution is -3.00. The van der Waals surface area contributed by atoms with Crippen LogP contribution in [0.1, 0.15) is 44.1 Å². The first-order valence-corrected chi connectivity index (χ1v) is 9.74. The molecule has 2 bridgehead atoms. The van der Waals surface area contributed by atoms with E-state index >= 15 is 0 Å². The van der Waals surface area contributed by atoms with E-state index in [1.54, 1.807) is 0 Å². The van der Waals surface area contributed by atoms with Gasteiger partial charge in [0.05, 0.1) is 26.6 Å². The Morgan fingerprint density at radius 2 is 1.77 bits per heavy atom. The number of quaternary nitrogens is 1. The molecule has 0 aromatic heterocycles. The average molecular weight is 471 g/mol. The standard InChI is InChI=1S/C21H30NO3.HI/c1-22(2)14-15-12-13-18(22)19(15)25-20(23)21(24,17-10-6-7-11-17)16-8-4-3-5-9-16;/h3-5,8-9,15,17-19,24H,6-7,10-14H2,1-2H3;1H/q+1;/p-1/t15?,18-,19?,21-;/m0./s1. The molecule has 2 aliphatic carbocycles. The molecule has 0 spiro atoms. The van der Waals surface area contributed by atoms with E-state index in [9.17, 15) is 9.90 Å². The molecule has 5 heteroatoms. The summed E-state index contributed by atoms with van der Waals surface area (Å²) >= 11 is 0. The molecule has 3 aliphatic rings. The number of benzene rings is 1. The summed E-state index contributed by atoms with van der Waals surface area (Å²) in [6, 6.07) is 9.80. The normalized spacial score (nSPS) is 32.0. The first-order valence-electron chi connectivity index (χ1n) is 9.74.